The van der Waals surface area contributed by atoms with Crippen LogP contribution in [0.1, 0.15) is 44.7 Å². The lowest BCUT2D eigenvalue weighted by atomic mass is 10.1. The summed E-state index contributed by atoms with van der Waals surface area (Å²) in [7, 11) is 0. The molecule has 0 aromatic heterocycles. The van der Waals surface area contributed by atoms with Crippen LogP contribution >= 0.6 is 11.8 Å². The standard InChI is InChI=1S/C24H32N2O2S/c1-4-19(3)25-24(28)22(5-2)26(16-20-12-8-6-9-13-20)23(27)18-29-17-21-14-10-7-11-15-21/h6-15,19,22H,4-5,16-18H2,1-3H3,(H,25,28). The number of rotatable bonds is 11. The van der Waals surface area contributed by atoms with Crippen molar-refractivity contribution in [3.05, 3.63) is 71.8 Å². The number of benzene rings is 2. The van der Waals surface area contributed by atoms with Crippen LogP contribution < -0.4 is 5.32 Å². The molecule has 2 atom stereocenters. The lowest BCUT2D eigenvalue weighted by molar-refractivity contribution is -0.139. The van der Waals surface area contributed by atoms with Gasteiger partial charge in [0.25, 0.3) is 0 Å². The number of nitrogens with zero attached hydrogens (tertiary/aromatic N) is 1. The highest BCUT2D eigenvalue weighted by molar-refractivity contribution is 7.99. The van der Waals surface area contributed by atoms with Gasteiger partial charge in [-0.3, -0.25) is 9.59 Å². The molecule has 29 heavy (non-hydrogen) atoms. The van der Waals surface area contributed by atoms with Crippen LogP contribution in [0.4, 0.5) is 0 Å². The van der Waals surface area contributed by atoms with Gasteiger partial charge in [-0.1, -0.05) is 74.5 Å². The summed E-state index contributed by atoms with van der Waals surface area (Å²) in [6, 6.07) is 19.6. The molecule has 2 rings (SSSR count). The number of thioether (sulfide) groups is 1. The third-order valence-electron chi connectivity index (χ3n) is 4.92. The summed E-state index contributed by atoms with van der Waals surface area (Å²) >= 11 is 1.59. The number of carbonyl (C=O) groups is 2. The normalized spacial score (nSPS) is 12.8. The molecular weight excluding hydrogens is 380 g/mol. The summed E-state index contributed by atoms with van der Waals surface area (Å²) in [6.45, 7) is 6.43. The van der Waals surface area contributed by atoms with E-state index in [-0.39, 0.29) is 17.9 Å². The second-order valence-corrected chi connectivity index (χ2v) is 8.21. The molecule has 2 aromatic carbocycles. The highest BCUT2D eigenvalue weighted by Gasteiger charge is 2.29. The lowest BCUT2D eigenvalue weighted by Gasteiger charge is -2.31. The minimum absolute atomic E-state index is 0.000866. The quantitative estimate of drug-likeness (QED) is 0.585. The van der Waals surface area contributed by atoms with Crippen molar-refractivity contribution in [1.82, 2.24) is 10.2 Å². The second kappa shape index (κ2) is 12.3. The topological polar surface area (TPSA) is 49.4 Å². The molecule has 0 saturated carbocycles. The molecule has 2 amide bonds. The van der Waals surface area contributed by atoms with Crippen molar-refractivity contribution in [2.45, 2.75) is 58.0 Å². The minimum Gasteiger partial charge on any atom is -0.352 e. The first kappa shape index (κ1) is 23.0. The van der Waals surface area contributed by atoms with Gasteiger partial charge < -0.3 is 10.2 Å². The van der Waals surface area contributed by atoms with Gasteiger partial charge in [-0.05, 0) is 30.9 Å². The fourth-order valence-electron chi connectivity index (χ4n) is 3.05. The van der Waals surface area contributed by atoms with E-state index >= 15 is 0 Å². The highest BCUT2D eigenvalue weighted by Crippen LogP contribution is 2.17. The third-order valence-corrected chi connectivity index (χ3v) is 5.91. The Morgan fingerprint density at radius 1 is 0.931 bits per heavy atom. The van der Waals surface area contributed by atoms with Crippen molar-refractivity contribution in [1.29, 1.82) is 0 Å². The Kier molecular flexibility index (Phi) is 9.78. The lowest BCUT2D eigenvalue weighted by Crippen LogP contribution is -2.51. The molecule has 5 heteroatoms. The Labute approximate surface area is 179 Å². The van der Waals surface area contributed by atoms with Gasteiger partial charge in [0.05, 0.1) is 5.75 Å². The van der Waals surface area contributed by atoms with E-state index in [4.69, 9.17) is 0 Å². The molecule has 0 aliphatic rings. The Bertz CT molecular complexity index is 752. The van der Waals surface area contributed by atoms with Crippen molar-refractivity contribution in [2.75, 3.05) is 5.75 Å². The Morgan fingerprint density at radius 2 is 1.52 bits per heavy atom. The zero-order valence-electron chi connectivity index (χ0n) is 17.6. The zero-order valence-corrected chi connectivity index (χ0v) is 18.5. The van der Waals surface area contributed by atoms with Gasteiger partial charge in [0.1, 0.15) is 6.04 Å². The Morgan fingerprint density at radius 3 is 2.07 bits per heavy atom. The Hall–Kier alpha value is -2.27. The molecule has 2 aromatic rings. The summed E-state index contributed by atoms with van der Waals surface area (Å²) in [5, 5.41) is 3.04. The number of hydrogen-bond acceptors (Lipinski definition) is 3. The summed E-state index contributed by atoms with van der Waals surface area (Å²) in [4.78, 5) is 27.7. The first-order valence-electron chi connectivity index (χ1n) is 10.3. The van der Waals surface area contributed by atoms with Gasteiger partial charge in [-0.25, -0.2) is 0 Å². The molecule has 2 unspecified atom stereocenters. The first-order valence-corrected chi connectivity index (χ1v) is 11.5. The van der Waals surface area contributed by atoms with E-state index in [0.29, 0.717) is 18.7 Å². The molecule has 0 aliphatic carbocycles. The maximum atomic E-state index is 13.1. The van der Waals surface area contributed by atoms with Crippen molar-refractivity contribution < 1.29 is 9.59 Å². The van der Waals surface area contributed by atoms with Gasteiger partial charge in [0, 0.05) is 18.3 Å². The molecule has 0 spiro atoms. The van der Waals surface area contributed by atoms with Gasteiger partial charge >= 0.3 is 0 Å². The molecule has 0 aliphatic heterocycles. The van der Waals surface area contributed by atoms with Crippen LogP contribution in [0.2, 0.25) is 0 Å². The van der Waals surface area contributed by atoms with Crippen molar-refractivity contribution in [2.24, 2.45) is 0 Å². The molecule has 0 bridgehead atoms. The number of hydrogen-bond donors (Lipinski definition) is 1. The van der Waals surface area contributed by atoms with Crippen molar-refractivity contribution in [3.8, 4) is 0 Å². The van der Waals surface area contributed by atoms with E-state index in [9.17, 15) is 9.59 Å². The maximum absolute atomic E-state index is 13.1. The number of amides is 2. The average molecular weight is 413 g/mol. The van der Waals surface area contributed by atoms with Crippen LogP contribution in [-0.2, 0) is 21.9 Å². The van der Waals surface area contributed by atoms with Crippen LogP contribution in [0.3, 0.4) is 0 Å². The summed E-state index contributed by atoms with van der Waals surface area (Å²) < 4.78 is 0. The van der Waals surface area contributed by atoms with Gasteiger partial charge in [0.15, 0.2) is 0 Å². The second-order valence-electron chi connectivity index (χ2n) is 7.23. The monoisotopic (exact) mass is 412 g/mol. The van der Waals surface area contributed by atoms with Crippen LogP contribution in [0.15, 0.2) is 60.7 Å². The SMILES string of the molecule is CCC(C)NC(=O)C(CC)N(Cc1ccccc1)C(=O)CSCc1ccccc1. The smallest absolute Gasteiger partial charge is 0.243 e. The van der Waals surface area contributed by atoms with E-state index in [1.54, 1.807) is 16.7 Å². The predicted octanol–water partition coefficient (Wildman–Crippen LogP) is 4.64. The Balaban J connectivity index is 2.09. The largest absolute Gasteiger partial charge is 0.352 e. The zero-order chi connectivity index (χ0) is 21.1. The molecule has 0 radical (unpaired) electrons. The van der Waals surface area contributed by atoms with E-state index in [1.807, 2.05) is 69.3 Å². The summed E-state index contributed by atoms with van der Waals surface area (Å²) in [6.07, 6.45) is 1.45. The predicted molar refractivity (Wildman–Crippen MR) is 122 cm³/mol. The van der Waals surface area contributed by atoms with Gasteiger partial charge in [-0.2, -0.15) is 0 Å². The van der Waals surface area contributed by atoms with E-state index in [1.165, 1.54) is 5.56 Å². The first-order chi connectivity index (χ1) is 14.0. The van der Waals surface area contributed by atoms with E-state index < -0.39 is 6.04 Å². The fourth-order valence-corrected chi connectivity index (χ4v) is 3.92. The van der Waals surface area contributed by atoms with Crippen molar-refractivity contribution >= 4 is 23.6 Å². The molecule has 156 valence electrons. The number of nitrogens with one attached hydrogen (secondary N) is 1. The van der Waals surface area contributed by atoms with Gasteiger partial charge in [-0.15, -0.1) is 11.8 Å². The molecule has 1 N–H and O–H groups in total. The van der Waals surface area contributed by atoms with Crippen molar-refractivity contribution in [3.63, 3.8) is 0 Å². The maximum Gasteiger partial charge on any atom is 0.243 e. The summed E-state index contributed by atoms with van der Waals surface area (Å²) in [5.41, 5.74) is 2.23. The molecule has 0 fully saturated rings. The minimum atomic E-state index is -0.464. The molecule has 0 saturated heterocycles. The highest BCUT2D eigenvalue weighted by atomic mass is 32.2. The van der Waals surface area contributed by atoms with E-state index in [2.05, 4.69) is 17.4 Å². The molecular formula is C24H32N2O2S. The summed E-state index contributed by atoms with van der Waals surface area (Å²) in [5.74, 6) is 1.07. The van der Waals surface area contributed by atoms with Crippen LogP contribution in [0, 0.1) is 0 Å². The van der Waals surface area contributed by atoms with Crippen LogP contribution in [0.5, 0.6) is 0 Å². The van der Waals surface area contributed by atoms with Crippen LogP contribution in [-0.4, -0.2) is 34.6 Å². The van der Waals surface area contributed by atoms with Gasteiger partial charge in [0.2, 0.25) is 11.8 Å². The molecule has 0 heterocycles. The van der Waals surface area contributed by atoms with Crippen LogP contribution in [0.25, 0.3) is 0 Å². The fraction of sp³-hybridized carbons (Fsp3) is 0.417. The number of carbonyl (C=O) groups excluding carboxylic acids is 2. The third kappa shape index (κ3) is 7.58. The van der Waals surface area contributed by atoms with E-state index in [0.717, 1.165) is 17.7 Å². The molecule has 4 nitrogen and oxygen atoms in total. The average Bonchev–Trinajstić information content (AvgIpc) is 2.74.